The molecule has 12 heteroatoms. The second-order valence-electron chi connectivity index (χ2n) is 11.0. The van der Waals surface area contributed by atoms with Crippen molar-refractivity contribution in [1.29, 1.82) is 0 Å². The number of halogens is 4. The van der Waals surface area contributed by atoms with Gasteiger partial charge < -0.3 is 19.6 Å². The summed E-state index contributed by atoms with van der Waals surface area (Å²) >= 11 is 6.39. The van der Waals surface area contributed by atoms with Gasteiger partial charge in [-0.05, 0) is 78.6 Å². The van der Waals surface area contributed by atoms with E-state index in [0.717, 1.165) is 53.2 Å². The van der Waals surface area contributed by atoms with Gasteiger partial charge in [0.2, 0.25) is 0 Å². The molecule has 1 saturated heterocycles. The van der Waals surface area contributed by atoms with E-state index >= 15 is 0 Å². The molecule has 0 amide bonds. The number of alkyl halides is 3. The fourth-order valence-electron chi connectivity index (χ4n) is 6.17. The molecule has 0 radical (unpaired) electrons. The molecule has 4 aromatic rings. The van der Waals surface area contributed by atoms with E-state index in [-0.39, 0.29) is 11.4 Å². The van der Waals surface area contributed by atoms with Crippen LogP contribution in [0.3, 0.4) is 0 Å². The molecule has 0 spiro atoms. The van der Waals surface area contributed by atoms with Gasteiger partial charge in [-0.3, -0.25) is 0 Å². The van der Waals surface area contributed by atoms with E-state index < -0.39 is 40.2 Å². The fourth-order valence-corrected chi connectivity index (χ4v) is 7.94. The molecule has 0 bridgehead atoms. The summed E-state index contributed by atoms with van der Waals surface area (Å²) in [5, 5.41) is 12.7. The number of piperidine rings is 1. The Morgan fingerprint density at radius 1 is 0.911 bits per heavy atom. The molecule has 0 aliphatic carbocycles. The third-order valence-corrected chi connectivity index (χ3v) is 10.5. The molecule has 0 aromatic heterocycles. The lowest BCUT2D eigenvalue weighted by Crippen LogP contribution is -2.65. The van der Waals surface area contributed by atoms with Crippen molar-refractivity contribution >= 4 is 38.6 Å². The van der Waals surface area contributed by atoms with Gasteiger partial charge in [-0.1, -0.05) is 54.1 Å². The summed E-state index contributed by atoms with van der Waals surface area (Å²) in [5.74, 6) is -0.438. The van der Waals surface area contributed by atoms with Crippen LogP contribution in [0.5, 0.6) is 5.75 Å². The number of aliphatic hydroxyl groups is 1. The van der Waals surface area contributed by atoms with Gasteiger partial charge >= 0.3 is 6.36 Å². The maximum atomic E-state index is 14.3. The number of para-hydroxylation sites is 2. The predicted molar refractivity (Wildman–Crippen MR) is 171 cm³/mol. The molecule has 4 atom stereocenters. The molecule has 45 heavy (non-hydrogen) atoms. The first-order chi connectivity index (χ1) is 21.5. The molecule has 1 fully saturated rings. The molecule has 7 nitrogen and oxygen atoms in total. The van der Waals surface area contributed by atoms with E-state index in [1.807, 2.05) is 42.5 Å². The van der Waals surface area contributed by atoms with Crippen LogP contribution < -0.4 is 19.3 Å². The van der Waals surface area contributed by atoms with Crippen molar-refractivity contribution in [2.24, 2.45) is 4.36 Å². The number of hydrogen-bond donors (Lipinski definition) is 2. The van der Waals surface area contributed by atoms with Crippen LogP contribution in [0, 0.1) is 0 Å². The van der Waals surface area contributed by atoms with Crippen LogP contribution in [0.25, 0.3) is 0 Å². The molecule has 2 N–H and O–H groups in total. The lowest BCUT2D eigenvalue weighted by Gasteiger charge is -2.48. The summed E-state index contributed by atoms with van der Waals surface area (Å²) < 4.78 is 63.8. The van der Waals surface area contributed by atoms with E-state index in [0.29, 0.717) is 11.6 Å². The average molecular weight is 657 g/mol. The first-order valence-corrected chi connectivity index (χ1v) is 16.4. The highest BCUT2D eigenvalue weighted by Gasteiger charge is 2.42. The van der Waals surface area contributed by atoms with Crippen LogP contribution in [0.4, 0.5) is 30.2 Å². The van der Waals surface area contributed by atoms with Gasteiger partial charge in [0.05, 0.1) is 23.1 Å². The smallest absolute Gasteiger partial charge is 0.406 e. The van der Waals surface area contributed by atoms with Crippen molar-refractivity contribution in [2.45, 2.75) is 42.3 Å². The molecule has 4 unspecified atom stereocenters. The third kappa shape index (κ3) is 6.62. The molecule has 2 aliphatic heterocycles. The highest BCUT2D eigenvalue weighted by Crippen LogP contribution is 2.40. The zero-order valence-electron chi connectivity index (χ0n) is 24.3. The summed E-state index contributed by atoms with van der Waals surface area (Å²) in [6.07, 6.45) is -4.22. The zero-order valence-corrected chi connectivity index (χ0v) is 25.9. The van der Waals surface area contributed by atoms with Crippen LogP contribution in [-0.2, 0) is 22.8 Å². The zero-order chi connectivity index (χ0) is 31.8. The van der Waals surface area contributed by atoms with E-state index in [9.17, 15) is 22.5 Å². The first-order valence-electron chi connectivity index (χ1n) is 14.5. The summed E-state index contributed by atoms with van der Waals surface area (Å²) in [7, 11) is -2.01. The number of fused-ring (bicyclic) bond motifs is 2. The summed E-state index contributed by atoms with van der Waals surface area (Å²) in [6, 6.07) is 27.2. The number of aliphatic hydroxyl groups excluding tert-OH is 1. The molecule has 0 saturated carbocycles. The minimum absolute atomic E-state index is 0.161. The van der Waals surface area contributed by atoms with E-state index in [1.54, 1.807) is 6.07 Å². The van der Waals surface area contributed by atoms with Gasteiger partial charge in [-0.2, -0.15) is 0 Å². The SMILES string of the molecule is CN=S(=O)(NC1CN(c2cccc(Cl)c2)CC(N2c3ccccc3CCc3ccccc32)C1O)c1ccc(OC(F)(F)F)cc1. The van der Waals surface area contributed by atoms with Crippen molar-refractivity contribution < 1.29 is 27.2 Å². The van der Waals surface area contributed by atoms with Gasteiger partial charge in [-0.25, -0.2) is 13.3 Å². The molecule has 6 rings (SSSR count). The lowest BCUT2D eigenvalue weighted by molar-refractivity contribution is -0.274. The Kier molecular flexibility index (Phi) is 8.71. The summed E-state index contributed by atoms with van der Waals surface area (Å²) in [5.41, 5.74) is 5.10. The third-order valence-electron chi connectivity index (χ3n) is 8.25. The monoisotopic (exact) mass is 656 g/mol. The summed E-state index contributed by atoms with van der Waals surface area (Å²) in [4.78, 5) is 4.43. The van der Waals surface area contributed by atoms with E-state index in [4.69, 9.17) is 11.6 Å². The molecule has 236 valence electrons. The number of anilines is 3. The van der Waals surface area contributed by atoms with Gasteiger partial charge in [0, 0.05) is 42.2 Å². The topological polar surface area (TPSA) is 77.4 Å². The fraction of sp³-hybridized carbons (Fsp3) is 0.273. The Morgan fingerprint density at radius 2 is 1.53 bits per heavy atom. The second kappa shape index (κ2) is 12.6. The van der Waals surface area contributed by atoms with Gasteiger partial charge in [-0.15, -0.1) is 13.2 Å². The predicted octanol–water partition coefficient (Wildman–Crippen LogP) is 6.76. The molecule has 4 aromatic carbocycles. The maximum Gasteiger partial charge on any atom is 0.573 e. The maximum absolute atomic E-state index is 14.3. The second-order valence-corrected chi connectivity index (χ2v) is 13.6. The first kappa shape index (κ1) is 31.2. The molecular weight excluding hydrogens is 625 g/mol. The van der Waals surface area contributed by atoms with Gasteiger partial charge in [0.1, 0.15) is 15.7 Å². The van der Waals surface area contributed by atoms with Crippen molar-refractivity contribution in [2.75, 3.05) is 29.9 Å². The average Bonchev–Trinajstić information content (AvgIpc) is 3.18. The normalized spacial score (nSPS) is 21.2. The Labute approximate surface area is 265 Å². The van der Waals surface area contributed by atoms with Crippen LogP contribution in [0.2, 0.25) is 5.02 Å². The highest BCUT2D eigenvalue weighted by atomic mass is 35.5. The quantitative estimate of drug-likeness (QED) is 0.240. The van der Waals surface area contributed by atoms with Crippen LogP contribution in [0.1, 0.15) is 11.1 Å². The number of nitrogens with one attached hydrogen (secondary N) is 1. The minimum atomic E-state index is -4.86. The number of nitrogens with zero attached hydrogens (tertiary/aromatic N) is 3. The highest BCUT2D eigenvalue weighted by molar-refractivity contribution is 7.91. The van der Waals surface area contributed by atoms with E-state index in [1.165, 1.54) is 19.2 Å². The Morgan fingerprint density at radius 3 is 2.11 bits per heavy atom. The number of aryl methyl sites for hydroxylation is 2. The molecular formula is C33H32ClF3N4O3S. The van der Waals surface area contributed by atoms with Crippen molar-refractivity contribution in [3.8, 4) is 5.75 Å². The summed E-state index contributed by atoms with van der Waals surface area (Å²) in [6.45, 7) is 0.688. The van der Waals surface area contributed by atoms with Gasteiger partial charge in [0.15, 0.2) is 0 Å². The van der Waals surface area contributed by atoms with Crippen LogP contribution in [-0.4, -0.2) is 54.0 Å². The number of rotatable bonds is 6. The minimum Gasteiger partial charge on any atom is -0.406 e. The lowest BCUT2D eigenvalue weighted by atomic mass is 9.94. The van der Waals surface area contributed by atoms with Crippen molar-refractivity contribution in [1.82, 2.24) is 4.72 Å². The Hall–Kier alpha value is -3.77. The standard InChI is InChI=1S/C33H32ClF3N4O3S/c1-38-45(43,27-17-15-26(16-18-27)44-33(35,36)37)39-28-20-40(25-10-6-9-24(34)19-25)21-31(32(28)42)41-29-11-4-2-7-22(29)13-14-23-8-3-5-12-30(23)41/h2-12,15-19,28,31-32,42H,13-14,20-21H2,1H3,(H,38,39,43). The number of benzene rings is 4. The van der Waals surface area contributed by atoms with Crippen LogP contribution in [0.15, 0.2) is 106 Å². The Balaban J connectivity index is 1.41. The number of ether oxygens (including phenoxy) is 1. The van der Waals surface area contributed by atoms with E-state index in [2.05, 4.69) is 47.9 Å². The van der Waals surface area contributed by atoms with Crippen molar-refractivity contribution in [3.05, 3.63) is 113 Å². The van der Waals surface area contributed by atoms with Crippen LogP contribution >= 0.6 is 11.6 Å². The largest absolute Gasteiger partial charge is 0.573 e. The Bertz CT molecular complexity index is 1750. The van der Waals surface area contributed by atoms with Crippen molar-refractivity contribution in [3.63, 3.8) is 0 Å². The molecule has 2 aliphatic rings. The van der Waals surface area contributed by atoms with Gasteiger partial charge in [0.25, 0.3) is 0 Å². The number of hydrogen-bond acceptors (Lipinski definition) is 6. The molecule has 2 heterocycles.